The minimum absolute atomic E-state index is 0.108. The van der Waals surface area contributed by atoms with Gasteiger partial charge in [-0.15, -0.1) is 0 Å². The van der Waals surface area contributed by atoms with Crippen LogP contribution in [0.2, 0.25) is 0 Å². The number of hydrogen-bond acceptors (Lipinski definition) is 2. The highest BCUT2D eigenvalue weighted by molar-refractivity contribution is 7.80. The Balaban J connectivity index is 2.15. The third kappa shape index (κ3) is 4.48. The van der Waals surface area contributed by atoms with Crippen LogP contribution in [0.15, 0.2) is 42.5 Å². The number of thiocarbonyl (C=S) groups is 1. The van der Waals surface area contributed by atoms with Gasteiger partial charge in [-0.05, 0) is 72.9 Å². The second-order valence-electron chi connectivity index (χ2n) is 6.29. The summed E-state index contributed by atoms with van der Waals surface area (Å²) >= 11 is 5.44. The Morgan fingerprint density at radius 2 is 1.71 bits per heavy atom. The molecule has 2 N–H and O–H groups in total. The van der Waals surface area contributed by atoms with Crippen LogP contribution in [0, 0.1) is 6.92 Å². The van der Waals surface area contributed by atoms with Crippen LogP contribution in [0.25, 0.3) is 0 Å². The second kappa shape index (κ2) is 8.15. The van der Waals surface area contributed by atoms with E-state index >= 15 is 0 Å². The largest absolute Gasteiger partial charge is 0.496 e. The monoisotopic (exact) mass is 342 g/mol. The van der Waals surface area contributed by atoms with Crippen molar-refractivity contribution in [1.82, 2.24) is 5.32 Å². The first kappa shape index (κ1) is 18.3. The third-order valence-electron chi connectivity index (χ3n) is 4.09. The van der Waals surface area contributed by atoms with E-state index in [0.717, 1.165) is 11.4 Å². The van der Waals surface area contributed by atoms with Crippen molar-refractivity contribution in [2.75, 3.05) is 12.4 Å². The van der Waals surface area contributed by atoms with E-state index in [-0.39, 0.29) is 6.04 Å². The third-order valence-corrected chi connectivity index (χ3v) is 4.31. The van der Waals surface area contributed by atoms with Gasteiger partial charge in [-0.1, -0.05) is 32.0 Å². The van der Waals surface area contributed by atoms with Crippen molar-refractivity contribution < 1.29 is 4.74 Å². The maximum absolute atomic E-state index is 5.52. The molecule has 2 aromatic carbocycles. The Kier molecular flexibility index (Phi) is 6.21. The molecule has 1 atom stereocenters. The Morgan fingerprint density at radius 1 is 1.04 bits per heavy atom. The molecule has 3 nitrogen and oxygen atoms in total. The molecule has 4 heteroatoms. The van der Waals surface area contributed by atoms with Crippen LogP contribution in [0.4, 0.5) is 5.69 Å². The molecule has 0 fully saturated rings. The van der Waals surface area contributed by atoms with E-state index < -0.39 is 0 Å². The maximum atomic E-state index is 5.52. The SMILES string of the molecule is COc1cc(C)c([C@H](C)NC(=S)Nc2ccccc2)cc1C(C)C. The van der Waals surface area contributed by atoms with Gasteiger partial charge >= 0.3 is 0 Å². The minimum Gasteiger partial charge on any atom is -0.496 e. The van der Waals surface area contributed by atoms with Gasteiger partial charge in [0.1, 0.15) is 5.75 Å². The number of anilines is 1. The summed E-state index contributed by atoms with van der Waals surface area (Å²) in [6, 6.07) is 14.4. The first-order chi connectivity index (χ1) is 11.4. The Bertz CT molecular complexity index is 698. The molecular formula is C20H26N2OS. The van der Waals surface area contributed by atoms with Crippen molar-refractivity contribution in [2.24, 2.45) is 0 Å². The summed E-state index contributed by atoms with van der Waals surface area (Å²) in [6.07, 6.45) is 0. The zero-order valence-electron chi connectivity index (χ0n) is 15.0. The van der Waals surface area contributed by atoms with E-state index in [4.69, 9.17) is 17.0 Å². The van der Waals surface area contributed by atoms with E-state index in [0.29, 0.717) is 11.0 Å². The minimum atomic E-state index is 0.108. The summed E-state index contributed by atoms with van der Waals surface area (Å²) in [4.78, 5) is 0. The Hall–Kier alpha value is -2.07. The molecular weight excluding hydrogens is 316 g/mol. The summed E-state index contributed by atoms with van der Waals surface area (Å²) in [6.45, 7) is 8.58. The fourth-order valence-corrected chi connectivity index (χ4v) is 3.07. The summed E-state index contributed by atoms with van der Waals surface area (Å²) in [5.41, 5.74) is 4.63. The molecule has 0 saturated heterocycles. The Morgan fingerprint density at radius 3 is 2.29 bits per heavy atom. The van der Waals surface area contributed by atoms with Gasteiger partial charge in [-0.25, -0.2) is 0 Å². The summed E-state index contributed by atoms with van der Waals surface area (Å²) in [5.74, 6) is 1.35. The molecule has 0 saturated carbocycles. The lowest BCUT2D eigenvalue weighted by atomic mass is 9.93. The molecule has 2 rings (SSSR count). The van der Waals surface area contributed by atoms with E-state index in [1.165, 1.54) is 16.7 Å². The number of para-hydroxylation sites is 1. The second-order valence-corrected chi connectivity index (χ2v) is 6.70. The lowest BCUT2D eigenvalue weighted by molar-refractivity contribution is 0.406. The molecule has 0 aromatic heterocycles. The molecule has 0 spiro atoms. The fourth-order valence-electron chi connectivity index (χ4n) is 2.77. The first-order valence-electron chi connectivity index (χ1n) is 8.23. The average Bonchev–Trinajstić information content (AvgIpc) is 2.54. The van der Waals surface area contributed by atoms with Crippen molar-refractivity contribution in [3.8, 4) is 5.75 Å². The predicted molar refractivity (Wildman–Crippen MR) is 106 cm³/mol. The molecule has 0 heterocycles. The molecule has 2 aromatic rings. The smallest absolute Gasteiger partial charge is 0.171 e. The lowest BCUT2D eigenvalue weighted by Crippen LogP contribution is -2.31. The van der Waals surface area contributed by atoms with Gasteiger partial charge in [0.15, 0.2) is 5.11 Å². The van der Waals surface area contributed by atoms with Gasteiger partial charge in [0, 0.05) is 5.69 Å². The van der Waals surface area contributed by atoms with Gasteiger partial charge in [0.05, 0.1) is 13.2 Å². The molecule has 0 aliphatic heterocycles. The highest BCUT2D eigenvalue weighted by Crippen LogP contribution is 2.32. The van der Waals surface area contributed by atoms with Crippen molar-refractivity contribution in [1.29, 1.82) is 0 Å². The number of hydrogen-bond donors (Lipinski definition) is 2. The molecule has 0 aliphatic rings. The van der Waals surface area contributed by atoms with Crippen molar-refractivity contribution in [2.45, 2.75) is 39.7 Å². The number of benzene rings is 2. The Labute approximate surface area is 150 Å². The van der Waals surface area contributed by atoms with E-state index in [9.17, 15) is 0 Å². The quantitative estimate of drug-likeness (QED) is 0.734. The van der Waals surface area contributed by atoms with Crippen LogP contribution in [-0.4, -0.2) is 12.2 Å². The van der Waals surface area contributed by atoms with E-state index in [1.54, 1.807) is 7.11 Å². The highest BCUT2D eigenvalue weighted by Gasteiger charge is 2.15. The van der Waals surface area contributed by atoms with Gasteiger partial charge < -0.3 is 15.4 Å². The molecule has 0 aliphatic carbocycles. The van der Waals surface area contributed by atoms with Crippen molar-refractivity contribution in [3.63, 3.8) is 0 Å². The number of aryl methyl sites for hydroxylation is 1. The molecule has 0 radical (unpaired) electrons. The van der Waals surface area contributed by atoms with Crippen LogP contribution >= 0.6 is 12.2 Å². The molecule has 128 valence electrons. The summed E-state index contributed by atoms with van der Waals surface area (Å²) in [5, 5.41) is 7.21. The number of methoxy groups -OCH3 is 1. The van der Waals surface area contributed by atoms with Crippen LogP contribution in [0.3, 0.4) is 0 Å². The normalized spacial score (nSPS) is 11.9. The number of rotatable bonds is 5. The predicted octanol–water partition coefficient (Wildman–Crippen LogP) is 5.17. The summed E-state index contributed by atoms with van der Waals surface area (Å²) in [7, 11) is 1.72. The molecule has 0 unspecified atom stereocenters. The highest BCUT2D eigenvalue weighted by atomic mass is 32.1. The fraction of sp³-hybridized carbons (Fsp3) is 0.350. The zero-order chi connectivity index (χ0) is 17.7. The number of nitrogens with one attached hydrogen (secondary N) is 2. The molecule has 0 bridgehead atoms. The lowest BCUT2D eigenvalue weighted by Gasteiger charge is -2.22. The molecule has 24 heavy (non-hydrogen) atoms. The van der Waals surface area contributed by atoms with Crippen LogP contribution < -0.4 is 15.4 Å². The van der Waals surface area contributed by atoms with Gasteiger partial charge in [0.25, 0.3) is 0 Å². The average molecular weight is 343 g/mol. The van der Waals surface area contributed by atoms with Gasteiger partial charge in [-0.3, -0.25) is 0 Å². The van der Waals surface area contributed by atoms with E-state index in [2.05, 4.69) is 50.5 Å². The van der Waals surface area contributed by atoms with Gasteiger partial charge in [0.2, 0.25) is 0 Å². The standard InChI is InChI=1S/C20H26N2OS/c1-13(2)17-12-18(14(3)11-19(17)23-5)15(4)21-20(24)22-16-9-7-6-8-10-16/h6-13,15H,1-5H3,(H2,21,22,24)/t15-/m0/s1. The van der Waals surface area contributed by atoms with Crippen molar-refractivity contribution >= 4 is 23.0 Å². The van der Waals surface area contributed by atoms with Crippen LogP contribution in [0.5, 0.6) is 5.75 Å². The van der Waals surface area contributed by atoms with E-state index in [1.807, 2.05) is 30.3 Å². The first-order valence-corrected chi connectivity index (χ1v) is 8.64. The van der Waals surface area contributed by atoms with Crippen molar-refractivity contribution in [3.05, 3.63) is 59.2 Å². The topological polar surface area (TPSA) is 33.3 Å². The van der Waals surface area contributed by atoms with Crippen LogP contribution in [0.1, 0.15) is 49.4 Å². The summed E-state index contributed by atoms with van der Waals surface area (Å²) < 4.78 is 5.52. The molecule has 0 amide bonds. The maximum Gasteiger partial charge on any atom is 0.171 e. The van der Waals surface area contributed by atoms with Gasteiger partial charge in [-0.2, -0.15) is 0 Å². The van der Waals surface area contributed by atoms with Crippen LogP contribution in [-0.2, 0) is 0 Å². The number of ether oxygens (including phenoxy) is 1. The zero-order valence-corrected chi connectivity index (χ0v) is 15.8.